The summed E-state index contributed by atoms with van der Waals surface area (Å²) in [5.41, 5.74) is 7.17. The van der Waals surface area contributed by atoms with E-state index in [1.165, 1.54) is 11.3 Å². The molecule has 1 unspecified atom stereocenters. The molecule has 0 spiro atoms. The minimum absolute atomic E-state index is 0.0631. The maximum absolute atomic E-state index is 12.2. The number of hydrogen-bond acceptors (Lipinski definition) is 4. The van der Waals surface area contributed by atoms with E-state index in [-0.39, 0.29) is 17.7 Å². The second kappa shape index (κ2) is 6.60. The standard InChI is InChI=1S/C16H16ClN3O2S/c17-14-6-5-13(23-14)16(22)19-8-10-7-15(21)20(9-10)12-3-1-11(18)2-4-12/h1-6,10H,7-9,18H2,(H,19,22). The van der Waals surface area contributed by atoms with Crippen LogP contribution in [0.3, 0.4) is 0 Å². The molecule has 2 aromatic rings. The Morgan fingerprint density at radius 3 is 2.70 bits per heavy atom. The molecule has 0 radical (unpaired) electrons. The SMILES string of the molecule is Nc1ccc(N2CC(CNC(=O)c3ccc(Cl)s3)CC2=O)cc1. The van der Waals surface area contributed by atoms with Gasteiger partial charge in [0, 0.05) is 36.8 Å². The molecule has 2 heterocycles. The predicted octanol–water partition coefficient (Wildman–Crippen LogP) is 2.77. The summed E-state index contributed by atoms with van der Waals surface area (Å²) in [4.78, 5) is 26.5. The van der Waals surface area contributed by atoms with E-state index in [2.05, 4.69) is 5.32 Å². The first-order chi connectivity index (χ1) is 11.0. The zero-order valence-electron chi connectivity index (χ0n) is 12.3. The van der Waals surface area contributed by atoms with E-state index in [9.17, 15) is 9.59 Å². The van der Waals surface area contributed by atoms with Gasteiger partial charge in [0.2, 0.25) is 5.91 Å². The zero-order chi connectivity index (χ0) is 16.4. The number of anilines is 2. The Hall–Kier alpha value is -2.05. The lowest BCUT2D eigenvalue weighted by atomic mass is 10.1. The summed E-state index contributed by atoms with van der Waals surface area (Å²) in [5, 5.41) is 2.87. The second-order valence-corrected chi connectivity index (χ2v) is 7.19. The summed E-state index contributed by atoms with van der Waals surface area (Å²) in [5.74, 6) is 0.00732. The molecule has 1 saturated heterocycles. The van der Waals surface area contributed by atoms with Crippen molar-refractivity contribution in [3.05, 3.63) is 45.6 Å². The number of carbonyl (C=O) groups excluding carboxylic acids is 2. The van der Waals surface area contributed by atoms with Gasteiger partial charge in [0.05, 0.1) is 9.21 Å². The van der Waals surface area contributed by atoms with Gasteiger partial charge in [0.25, 0.3) is 5.91 Å². The second-order valence-electron chi connectivity index (χ2n) is 5.48. The van der Waals surface area contributed by atoms with Crippen LogP contribution in [0.25, 0.3) is 0 Å². The van der Waals surface area contributed by atoms with Crippen molar-refractivity contribution >= 4 is 46.1 Å². The van der Waals surface area contributed by atoms with E-state index in [0.717, 1.165) is 5.69 Å². The number of hydrogen-bond donors (Lipinski definition) is 2. The van der Waals surface area contributed by atoms with Crippen LogP contribution < -0.4 is 16.0 Å². The number of nitrogens with two attached hydrogens (primary N) is 1. The third kappa shape index (κ3) is 3.65. The third-order valence-corrected chi connectivity index (χ3v) is 4.99. The molecule has 5 nitrogen and oxygen atoms in total. The number of nitrogen functional groups attached to an aromatic ring is 1. The Bertz CT molecular complexity index is 729. The Morgan fingerprint density at radius 2 is 2.04 bits per heavy atom. The van der Waals surface area contributed by atoms with Crippen molar-refractivity contribution in [2.75, 3.05) is 23.7 Å². The van der Waals surface area contributed by atoms with Crippen LogP contribution in [0.1, 0.15) is 16.1 Å². The molecule has 0 aliphatic carbocycles. The monoisotopic (exact) mass is 349 g/mol. The van der Waals surface area contributed by atoms with Crippen molar-refractivity contribution in [2.45, 2.75) is 6.42 Å². The predicted molar refractivity (Wildman–Crippen MR) is 93.0 cm³/mol. The van der Waals surface area contributed by atoms with Gasteiger partial charge in [-0.15, -0.1) is 11.3 Å². The molecule has 1 aliphatic rings. The lowest BCUT2D eigenvalue weighted by Gasteiger charge is -2.17. The van der Waals surface area contributed by atoms with Crippen molar-refractivity contribution in [3.63, 3.8) is 0 Å². The maximum Gasteiger partial charge on any atom is 0.261 e. The van der Waals surface area contributed by atoms with Crippen LogP contribution in [-0.2, 0) is 4.79 Å². The van der Waals surface area contributed by atoms with E-state index >= 15 is 0 Å². The van der Waals surface area contributed by atoms with Crippen LogP contribution in [0.5, 0.6) is 0 Å². The molecule has 3 N–H and O–H groups in total. The summed E-state index contributed by atoms with van der Waals surface area (Å²) < 4.78 is 0.584. The highest BCUT2D eigenvalue weighted by Gasteiger charge is 2.30. The molecule has 23 heavy (non-hydrogen) atoms. The van der Waals surface area contributed by atoms with Gasteiger partial charge in [-0.1, -0.05) is 11.6 Å². The average molecular weight is 350 g/mol. The molecule has 7 heteroatoms. The third-order valence-electron chi connectivity index (χ3n) is 3.76. The number of carbonyl (C=O) groups is 2. The molecule has 1 aromatic heterocycles. The van der Waals surface area contributed by atoms with Gasteiger partial charge >= 0.3 is 0 Å². The number of benzene rings is 1. The quantitative estimate of drug-likeness (QED) is 0.833. The fourth-order valence-corrected chi connectivity index (χ4v) is 3.54. The van der Waals surface area contributed by atoms with Crippen molar-refractivity contribution in [1.29, 1.82) is 0 Å². The highest BCUT2D eigenvalue weighted by molar-refractivity contribution is 7.17. The summed E-state index contributed by atoms with van der Waals surface area (Å²) in [6, 6.07) is 10.6. The number of thiophene rings is 1. The van der Waals surface area contributed by atoms with E-state index in [1.807, 2.05) is 12.1 Å². The molecule has 2 amide bonds. The van der Waals surface area contributed by atoms with Crippen molar-refractivity contribution in [1.82, 2.24) is 5.32 Å². The first-order valence-corrected chi connectivity index (χ1v) is 8.42. The van der Waals surface area contributed by atoms with E-state index in [1.54, 1.807) is 29.2 Å². The van der Waals surface area contributed by atoms with Crippen LogP contribution in [0.4, 0.5) is 11.4 Å². The van der Waals surface area contributed by atoms with Crippen LogP contribution in [0.2, 0.25) is 4.34 Å². The summed E-state index contributed by atoms with van der Waals surface area (Å²) in [7, 11) is 0. The Kier molecular flexibility index (Phi) is 4.54. The highest BCUT2D eigenvalue weighted by atomic mass is 35.5. The molecule has 1 fully saturated rings. The summed E-state index contributed by atoms with van der Waals surface area (Å²) in [6.45, 7) is 1.06. The van der Waals surface area contributed by atoms with Crippen LogP contribution in [0.15, 0.2) is 36.4 Å². The number of nitrogens with zero attached hydrogens (tertiary/aromatic N) is 1. The molecule has 0 bridgehead atoms. The van der Waals surface area contributed by atoms with Crippen molar-refractivity contribution in [3.8, 4) is 0 Å². The average Bonchev–Trinajstić information content (AvgIpc) is 3.12. The number of halogens is 1. The molecule has 1 aliphatic heterocycles. The van der Waals surface area contributed by atoms with Gasteiger partial charge in [-0.25, -0.2) is 0 Å². The van der Waals surface area contributed by atoms with Crippen LogP contribution >= 0.6 is 22.9 Å². The fourth-order valence-electron chi connectivity index (χ4n) is 2.58. The molecular weight excluding hydrogens is 334 g/mol. The van der Waals surface area contributed by atoms with Crippen LogP contribution in [0, 0.1) is 5.92 Å². The molecule has 3 rings (SSSR count). The molecule has 1 aromatic carbocycles. The van der Waals surface area contributed by atoms with Gasteiger partial charge < -0.3 is 16.0 Å². The fraction of sp³-hybridized carbons (Fsp3) is 0.250. The van der Waals surface area contributed by atoms with E-state index < -0.39 is 0 Å². The largest absolute Gasteiger partial charge is 0.399 e. The number of rotatable bonds is 4. The molecule has 1 atom stereocenters. The van der Waals surface area contributed by atoms with Gasteiger partial charge in [0.15, 0.2) is 0 Å². The first kappa shape index (κ1) is 15.8. The van der Waals surface area contributed by atoms with Gasteiger partial charge in [-0.2, -0.15) is 0 Å². The minimum atomic E-state index is -0.153. The number of nitrogens with one attached hydrogen (secondary N) is 1. The van der Waals surface area contributed by atoms with Crippen molar-refractivity contribution in [2.24, 2.45) is 5.92 Å². The number of amides is 2. The van der Waals surface area contributed by atoms with Gasteiger partial charge in [0.1, 0.15) is 0 Å². The Balaban J connectivity index is 1.57. The van der Waals surface area contributed by atoms with E-state index in [0.29, 0.717) is 34.4 Å². The van der Waals surface area contributed by atoms with Gasteiger partial charge in [-0.3, -0.25) is 9.59 Å². The zero-order valence-corrected chi connectivity index (χ0v) is 13.9. The van der Waals surface area contributed by atoms with Crippen molar-refractivity contribution < 1.29 is 9.59 Å². The topological polar surface area (TPSA) is 75.4 Å². The summed E-state index contributed by atoms with van der Waals surface area (Å²) in [6.07, 6.45) is 0.426. The normalized spacial score (nSPS) is 17.5. The first-order valence-electron chi connectivity index (χ1n) is 7.22. The lowest BCUT2D eigenvalue weighted by Crippen LogP contribution is -2.30. The maximum atomic E-state index is 12.2. The Labute approximate surface area is 143 Å². The van der Waals surface area contributed by atoms with E-state index in [4.69, 9.17) is 17.3 Å². The van der Waals surface area contributed by atoms with Crippen LogP contribution in [-0.4, -0.2) is 24.9 Å². The molecule has 0 saturated carbocycles. The minimum Gasteiger partial charge on any atom is -0.399 e. The van der Waals surface area contributed by atoms with Gasteiger partial charge in [-0.05, 0) is 36.4 Å². The lowest BCUT2D eigenvalue weighted by molar-refractivity contribution is -0.117. The molecule has 120 valence electrons. The summed E-state index contributed by atoms with van der Waals surface area (Å²) >= 11 is 7.07. The Morgan fingerprint density at radius 1 is 1.30 bits per heavy atom. The molecular formula is C16H16ClN3O2S. The highest BCUT2D eigenvalue weighted by Crippen LogP contribution is 2.26. The smallest absolute Gasteiger partial charge is 0.261 e.